The summed E-state index contributed by atoms with van der Waals surface area (Å²) in [6.45, 7) is 4.01. The van der Waals surface area contributed by atoms with Crippen LogP contribution < -0.4 is 11.1 Å². The quantitative estimate of drug-likeness (QED) is 0.887. The lowest BCUT2D eigenvalue weighted by atomic mass is 10.0. The molecule has 114 valence electrons. The molecule has 0 saturated carbocycles. The van der Waals surface area contributed by atoms with Gasteiger partial charge in [0.1, 0.15) is 6.04 Å². The van der Waals surface area contributed by atoms with Crippen molar-refractivity contribution in [2.24, 2.45) is 5.73 Å². The van der Waals surface area contributed by atoms with Gasteiger partial charge in [-0.15, -0.1) is 23.7 Å². The molecule has 0 aliphatic heterocycles. The maximum Gasteiger partial charge on any atom is 0.241 e. The molecular weight excluding hydrogens is 304 g/mol. The van der Waals surface area contributed by atoms with E-state index in [2.05, 4.69) is 11.4 Å². The number of rotatable bonds is 5. The monoisotopic (exact) mass is 324 g/mol. The van der Waals surface area contributed by atoms with Gasteiger partial charge in [-0.1, -0.05) is 35.9 Å². The largest absolute Gasteiger partial charge is 0.352 e. The van der Waals surface area contributed by atoms with Gasteiger partial charge in [-0.25, -0.2) is 0 Å². The molecule has 0 radical (unpaired) electrons. The van der Waals surface area contributed by atoms with Crippen molar-refractivity contribution in [2.45, 2.75) is 32.4 Å². The summed E-state index contributed by atoms with van der Waals surface area (Å²) >= 11 is 1.70. The molecule has 1 aromatic heterocycles. The van der Waals surface area contributed by atoms with Gasteiger partial charge in [0.25, 0.3) is 0 Å². The van der Waals surface area contributed by atoms with Crippen molar-refractivity contribution < 1.29 is 4.79 Å². The number of nitrogens with one attached hydrogen (secondary N) is 1. The van der Waals surface area contributed by atoms with Crippen LogP contribution in [0.1, 0.15) is 29.0 Å². The van der Waals surface area contributed by atoms with E-state index in [1.165, 1.54) is 4.88 Å². The summed E-state index contributed by atoms with van der Waals surface area (Å²) < 4.78 is 0. The first-order chi connectivity index (χ1) is 9.56. The lowest BCUT2D eigenvalue weighted by Gasteiger charge is -2.17. The maximum atomic E-state index is 12.1. The Morgan fingerprint density at radius 2 is 1.95 bits per heavy atom. The van der Waals surface area contributed by atoms with E-state index in [0.29, 0.717) is 0 Å². The second kappa shape index (κ2) is 8.17. The molecule has 1 heterocycles. The Labute approximate surface area is 136 Å². The summed E-state index contributed by atoms with van der Waals surface area (Å²) in [5.74, 6) is -0.127. The molecule has 21 heavy (non-hydrogen) atoms. The van der Waals surface area contributed by atoms with Crippen molar-refractivity contribution in [1.29, 1.82) is 0 Å². The Morgan fingerprint density at radius 1 is 1.29 bits per heavy atom. The van der Waals surface area contributed by atoms with E-state index in [1.807, 2.05) is 49.6 Å². The number of carbonyl (C=O) groups is 1. The molecule has 0 bridgehead atoms. The minimum atomic E-state index is -0.610. The van der Waals surface area contributed by atoms with Crippen LogP contribution in [-0.2, 0) is 11.2 Å². The second-order valence-electron chi connectivity index (χ2n) is 5.08. The fourth-order valence-electron chi connectivity index (χ4n) is 2.04. The van der Waals surface area contributed by atoms with Gasteiger partial charge >= 0.3 is 0 Å². The fraction of sp³-hybridized carbons (Fsp3) is 0.312. The molecule has 2 unspecified atom stereocenters. The van der Waals surface area contributed by atoms with E-state index in [1.54, 1.807) is 11.3 Å². The van der Waals surface area contributed by atoms with E-state index in [9.17, 15) is 4.79 Å². The van der Waals surface area contributed by atoms with Crippen LogP contribution in [0.25, 0.3) is 0 Å². The van der Waals surface area contributed by atoms with Crippen LogP contribution in [0.2, 0.25) is 0 Å². The highest BCUT2D eigenvalue weighted by Gasteiger charge is 2.17. The number of carbonyl (C=O) groups excluding carboxylic acids is 1. The van der Waals surface area contributed by atoms with Gasteiger partial charge in [-0.2, -0.15) is 0 Å². The third-order valence-corrected chi connectivity index (χ3v) is 4.09. The number of amides is 1. The first kappa shape index (κ1) is 17.7. The molecule has 0 aliphatic rings. The minimum Gasteiger partial charge on any atom is -0.352 e. The SMILES string of the molecule is Cc1ccc(C(N)C(=O)NC(C)Cc2cccs2)cc1.Cl. The Morgan fingerprint density at radius 3 is 2.52 bits per heavy atom. The van der Waals surface area contributed by atoms with Crippen LogP contribution in [-0.4, -0.2) is 11.9 Å². The van der Waals surface area contributed by atoms with Crippen LogP contribution in [0.3, 0.4) is 0 Å². The summed E-state index contributed by atoms with van der Waals surface area (Å²) in [4.78, 5) is 13.4. The normalized spacial score (nSPS) is 13.1. The average Bonchev–Trinajstić information content (AvgIpc) is 2.91. The fourth-order valence-corrected chi connectivity index (χ4v) is 2.87. The number of benzene rings is 1. The lowest BCUT2D eigenvalue weighted by Crippen LogP contribution is -2.40. The third kappa shape index (κ3) is 5.16. The van der Waals surface area contributed by atoms with Crippen LogP contribution in [0.5, 0.6) is 0 Å². The molecule has 3 nitrogen and oxygen atoms in total. The third-order valence-electron chi connectivity index (χ3n) is 3.20. The van der Waals surface area contributed by atoms with Gasteiger partial charge in [0.05, 0.1) is 0 Å². The predicted octanol–water partition coefficient (Wildman–Crippen LogP) is 3.23. The molecular formula is C16H21ClN2OS. The summed E-state index contributed by atoms with van der Waals surface area (Å²) in [5.41, 5.74) is 8.00. The number of aryl methyl sites for hydroxylation is 1. The number of nitrogens with two attached hydrogens (primary N) is 1. The number of halogens is 1. The topological polar surface area (TPSA) is 55.1 Å². The maximum absolute atomic E-state index is 12.1. The first-order valence-electron chi connectivity index (χ1n) is 6.71. The van der Waals surface area contributed by atoms with Crippen LogP contribution >= 0.6 is 23.7 Å². The van der Waals surface area contributed by atoms with E-state index in [0.717, 1.165) is 17.5 Å². The summed E-state index contributed by atoms with van der Waals surface area (Å²) in [6.07, 6.45) is 0.837. The average molecular weight is 325 g/mol. The molecule has 3 N–H and O–H groups in total. The molecule has 0 spiro atoms. The summed E-state index contributed by atoms with van der Waals surface area (Å²) in [5, 5.41) is 5.02. The van der Waals surface area contributed by atoms with Crippen molar-refractivity contribution in [3.8, 4) is 0 Å². The van der Waals surface area contributed by atoms with Crippen LogP contribution in [0, 0.1) is 6.92 Å². The lowest BCUT2D eigenvalue weighted by molar-refractivity contribution is -0.123. The highest BCUT2D eigenvalue weighted by Crippen LogP contribution is 2.14. The smallest absolute Gasteiger partial charge is 0.241 e. The van der Waals surface area contributed by atoms with Crippen molar-refractivity contribution in [1.82, 2.24) is 5.32 Å². The minimum absolute atomic E-state index is 0. The molecule has 0 fully saturated rings. The first-order valence-corrected chi connectivity index (χ1v) is 7.59. The number of hydrogen-bond donors (Lipinski definition) is 2. The van der Waals surface area contributed by atoms with E-state index >= 15 is 0 Å². The van der Waals surface area contributed by atoms with Gasteiger partial charge in [0, 0.05) is 17.3 Å². The highest BCUT2D eigenvalue weighted by atomic mass is 35.5. The molecule has 0 aliphatic carbocycles. The van der Waals surface area contributed by atoms with Crippen molar-refractivity contribution >= 4 is 29.7 Å². The summed E-state index contributed by atoms with van der Waals surface area (Å²) in [7, 11) is 0. The molecule has 1 amide bonds. The summed E-state index contributed by atoms with van der Waals surface area (Å²) in [6, 6.07) is 11.3. The van der Waals surface area contributed by atoms with Crippen LogP contribution in [0.15, 0.2) is 41.8 Å². The van der Waals surface area contributed by atoms with E-state index in [4.69, 9.17) is 5.73 Å². The molecule has 2 rings (SSSR count). The van der Waals surface area contributed by atoms with E-state index in [-0.39, 0.29) is 24.4 Å². The van der Waals surface area contributed by atoms with Gasteiger partial charge < -0.3 is 11.1 Å². The van der Waals surface area contributed by atoms with Gasteiger partial charge in [0.15, 0.2) is 0 Å². The molecule has 1 aromatic carbocycles. The van der Waals surface area contributed by atoms with Crippen molar-refractivity contribution in [2.75, 3.05) is 0 Å². The highest BCUT2D eigenvalue weighted by molar-refractivity contribution is 7.09. The van der Waals surface area contributed by atoms with Gasteiger partial charge in [-0.3, -0.25) is 4.79 Å². The number of thiophene rings is 1. The zero-order valence-electron chi connectivity index (χ0n) is 12.2. The van der Waals surface area contributed by atoms with Crippen molar-refractivity contribution in [3.05, 3.63) is 57.8 Å². The van der Waals surface area contributed by atoms with Crippen LogP contribution in [0.4, 0.5) is 0 Å². The zero-order chi connectivity index (χ0) is 14.5. The Bertz CT molecular complexity index is 554. The molecule has 2 aromatic rings. The van der Waals surface area contributed by atoms with Crippen molar-refractivity contribution in [3.63, 3.8) is 0 Å². The van der Waals surface area contributed by atoms with Gasteiger partial charge in [0.2, 0.25) is 5.91 Å². The molecule has 5 heteroatoms. The number of hydrogen-bond acceptors (Lipinski definition) is 3. The molecule has 0 saturated heterocycles. The predicted molar refractivity (Wildman–Crippen MR) is 91.0 cm³/mol. The van der Waals surface area contributed by atoms with Gasteiger partial charge in [-0.05, 0) is 30.9 Å². The Kier molecular flexibility index (Phi) is 6.89. The Balaban J connectivity index is 0.00000220. The second-order valence-corrected chi connectivity index (χ2v) is 6.11. The standard InChI is InChI=1S/C16H20N2OS.ClH/c1-11-5-7-13(8-6-11)15(17)16(19)18-12(2)10-14-4-3-9-20-14;/h3-9,12,15H,10,17H2,1-2H3,(H,18,19);1H. The van der Waals surface area contributed by atoms with E-state index < -0.39 is 6.04 Å². The Hall–Kier alpha value is -1.36. The zero-order valence-corrected chi connectivity index (χ0v) is 13.8. The molecule has 2 atom stereocenters.